The first-order valence-electron chi connectivity index (χ1n) is 11.9. The van der Waals surface area contributed by atoms with Crippen LogP contribution in [0.1, 0.15) is 28.5 Å². The van der Waals surface area contributed by atoms with Crippen LogP contribution in [0.3, 0.4) is 0 Å². The van der Waals surface area contributed by atoms with Crippen molar-refractivity contribution in [3.63, 3.8) is 0 Å². The molecule has 2 aromatic carbocycles. The summed E-state index contributed by atoms with van der Waals surface area (Å²) in [6, 6.07) is 10.5. The number of ether oxygens (including phenoxy) is 4. The Balaban J connectivity index is 1.73. The Morgan fingerprint density at radius 1 is 1.05 bits per heavy atom. The van der Waals surface area contributed by atoms with Crippen LogP contribution in [-0.2, 0) is 9.53 Å². The number of rotatable bonds is 9. The van der Waals surface area contributed by atoms with E-state index in [9.17, 15) is 14.4 Å². The predicted octanol–water partition coefficient (Wildman–Crippen LogP) is 4.61. The molecular formula is C28H27N3O7S. The van der Waals surface area contributed by atoms with Crippen molar-refractivity contribution in [1.82, 2.24) is 9.78 Å². The van der Waals surface area contributed by atoms with Gasteiger partial charge in [-0.05, 0) is 49.8 Å². The molecule has 2 heterocycles. The second-order valence-corrected chi connectivity index (χ2v) is 9.14. The summed E-state index contributed by atoms with van der Waals surface area (Å²) < 4.78 is 22.4. The molecule has 2 aromatic heterocycles. The van der Waals surface area contributed by atoms with E-state index in [2.05, 4.69) is 10.4 Å². The van der Waals surface area contributed by atoms with Crippen LogP contribution >= 0.6 is 11.3 Å². The van der Waals surface area contributed by atoms with Crippen molar-refractivity contribution in [2.75, 3.05) is 33.3 Å². The summed E-state index contributed by atoms with van der Waals surface area (Å²) >= 11 is 1.12. The molecule has 0 spiro atoms. The first-order chi connectivity index (χ1) is 18.8. The molecule has 0 saturated carbocycles. The quantitative estimate of drug-likeness (QED) is 0.238. The third-order valence-electron chi connectivity index (χ3n) is 5.75. The number of aryl methyl sites for hydroxylation is 1. The standard InChI is InChI=1S/C28H27N3O7S/c1-6-38-28(34)24-19-15-39-26(23(19)27(33)31(30-24)18-10-7-16(2)8-11-18)29-22(32)12-9-17-13-20(35-3)25(37-5)21(14-17)36-4/h7-15H,6H2,1-5H3,(H,29,32). The minimum absolute atomic E-state index is 0.0169. The lowest BCUT2D eigenvalue weighted by molar-refractivity contribution is -0.111. The van der Waals surface area contributed by atoms with Crippen molar-refractivity contribution in [2.45, 2.75) is 13.8 Å². The van der Waals surface area contributed by atoms with Gasteiger partial charge in [0.15, 0.2) is 17.2 Å². The summed E-state index contributed by atoms with van der Waals surface area (Å²) in [7, 11) is 4.51. The smallest absolute Gasteiger partial charge is 0.359 e. The Hall–Kier alpha value is -4.64. The zero-order valence-corrected chi connectivity index (χ0v) is 22.9. The molecule has 1 amide bonds. The second-order valence-electron chi connectivity index (χ2n) is 8.26. The predicted molar refractivity (Wildman–Crippen MR) is 150 cm³/mol. The van der Waals surface area contributed by atoms with Crippen molar-refractivity contribution in [1.29, 1.82) is 0 Å². The number of nitrogens with zero attached hydrogens (tertiary/aromatic N) is 2. The number of carbonyl (C=O) groups is 2. The van der Waals surface area contributed by atoms with Crippen molar-refractivity contribution in [3.8, 4) is 22.9 Å². The Labute approximate surface area is 228 Å². The first kappa shape index (κ1) is 27.4. The molecule has 39 heavy (non-hydrogen) atoms. The van der Waals surface area contributed by atoms with E-state index in [1.165, 1.54) is 27.4 Å². The molecule has 0 saturated heterocycles. The van der Waals surface area contributed by atoms with E-state index in [1.807, 2.05) is 19.1 Å². The fraction of sp³-hybridized carbons (Fsp3) is 0.214. The number of anilines is 1. The number of benzene rings is 2. The maximum atomic E-state index is 13.5. The lowest BCUT2D eigenvalue weighted by Crippen LogP contribution is -2.25. The lowest BCUT2D eigenvalue weighted by atomic mass is 10.1. The monoisotopic (exact) mass is 549 g/mol. The molecule has 10 nitrogen and oxygen atoms in total. The number of amides is 1. The summed E-state index contributed by atoms with van der Waals surface area (Å²) in [5, 5.41) is 9.41. The normalized spacial score (nSPS) is 11.0. The fourth-order valence-electron chi connectivity index (χ4n) is 3.88. The highest BCUT2D eigenvalue weighted by atomic mass is 32.1. The average Bonchev–Trinajstić information content (AvgIpc) is 3.36. The zero-order valence-electron chi connectivity index (χ0n) is 22.1. The SMILES string of the molecule is CCOC(=O)c1nn(-c2ccc(C)cc2)c(=O)c2c(NC(=O)C=Cc3cc(OC)c(OC)c(OC)c3)scc12. The van der Waals surface area contributed by atoms with Gasteiger partial charge in [-0.15, -0.1) is 11.3 Å². The molecule has 0 bridgehead atoms. The van der Waals surface area contributed by atoms with Crippen molar-refractivity contribution >= 4 is 45.1 Å². The Morgan fingerprint density at radius 3 is 2.31 bits per heavy atom. The highest BCUT2D eigenvalue weighted by Gasteiger charge is 2.23. The highest BCUT2D eigenvalue weighted by molar-refractivity contribution is 7.16. The van der Waals surface area contributed by atoms with E-state index in [-0.39, 0.29) is 22.7 Å². The van der Waals surface area contributed by atoms with Crippen LogP contribution in [0.4, 0.5) is 5.00 Å². The van der Waals surface area contributed by atoms with Crippen LogP contribution < -0.4 is 25.1 Å². The summed E-state index contributed by atoms with van der Waals surface area (Å²) in [5.41, 5.74) is 1.61. The molecule has 4 rings (SSSR count). The van der Waals surface area contributed by atoms with Gasteiger partial charge >= 0.3 is 5.97 Å². The molecule has 0 aliphatic rings. The third kappa shape index (κ3) is 5.63. The van der Waals surface area contributed by atoms with Gasteiger partial charge in [-0.2, -0.15) is 9.78 Å². The van der Waals surface area contributed by atoms with Crippen molar-refractivity contribution in [2.24, 2.45) is 0 Å². The molecule has 0 atom stereocenters. The number of carbonyl (C=O) groups excluding carboxylic acids is 2. The minimum Gasteiger partial charge on any atom is -0.493 e. The van der Waals surface area contributed by atoms with Gasteiger partial charge in [0, 0.05) is 16.8 Å². The van der Waals surface area contributed by atoms with Gasteiger partial charge in [0.2, 0.25) is 11.7 Å². The molecule has 0 fully saturated rings. The molecule has 11 heteroatoms. The van der Waals surface area contributed by atoms with E-state index < -0.39 is 17.4 Å². The number of hydrogen-bond donors (Lipinski definition) is 1. The van der Waals surface area contributed by atoms with Crippen LogP contribution in [0.25, 0.3) is 22.5 Å². The van der Waals surface area contributed by atoms with Gasteiger partial charge in [0.25, 0.3) is 5.56 Å². The highest BCUT2D eigenvalue weighted by Crippen LogP contribution is 2.38. The van der Waals surface area contributed by atoms with Crippen LogP contribution in [-0.4, -0.2) is 49.6 Å². The summed E-state index contributed by atoms with van der Waals surface area (Å²) in [6.07, 6.45) is 2.89. The van der Waals surface area contributed by atoms with Gasteiger partial charge in [0.1, 0.15) is 5.00 Å². The number of nitrogens with one attached hydrogen (secondary N) is 1. The molecule has 0 radical (unpaired) electrons. The zero-order chi connectivity index (χ0) is 28.1. The number of fused-ring (bicyclic) bond motifs is 1. The molecule has 0 aliphatic heterocycles. The molecule has 0 unspecified atom stereocenters. The summed E-state index contributed by atoms with van der Waals surface area (Å²) in [5.74, 6) is 0.167. The largest absolute Gasteiger partial charge is 0.493 e. The topological polar surface area (TPSA) is 118 Å². The number of aromatic nitrogens is 2. The number of methoxy groups -OCH3 is 3. The molecule has 4 aromatic rings. The lowest BCUT2D eigenvalue weighted by Gasteiger charge is -2.12. The van der Waals surface area contributed by atoms with Gasteiger partial charge < -0.3 is 24.3 Å². The number of thiophene rings is 1. The number of esters is 1. The molecule has 1 N–H and O–H groups in total. The Morgan fingerprint density at radius 2 is 1.72 bits per heavy atom. The number of hydrogen-bond acceptors (Lipinski definition) is 9. The molecule has 202 valence electrons. The van der Waals surface area contributed by atoms with Gasteiger partial charge in [-0.1, -0.05) is 17.7 Å². The molecule has 0 aliphatic carbocycles. The van der Waals surface area contributed by atoms with Gasteiger partial charge in [-0.25, -0.2) is 4.79 Å². The van der Waals surface area contributed by atoms with Crippen LogP contribution in [0.5, 0.6) is 17.2 Å². The van der Waals surface area contributed by atoms with E-state index >= 15 is 0 Å². The van der Waals surface area contributed by atoms with Gasteiger partial charge in [0.05, 0.1) is 39.0 Å². The summed E-state index contributed by atoms with van der Waals surface area (Å²) in [6.45, 7) is 3.75. The first-order valence-corrected chi connectivity index (χ1v) is 12.8. The Bertz CT molecular complexity index is 1600. The third-order valence-corrected chi connectivity index (χ3v) is 6.65. The van der Waals surface area contributed by atoms with E-state index in [0.717, 1.165) is 21.6 Å². The van der Waals surface area contributed by atoms with Crippen molar-refractivity contribution in [3.05, 3.63) is 75.0 Å². The Kier molecular flexibility index (Phi) is 8.30. The van der Waals surface area contributed by atoms with Crippen LogP contribution in [0.2, 0.25) is 0 Å². The van der Waals surface area contributed by atoms with E-state index in [4.69, 9.17) is 18.9 Å². The summed E-state index contributed by atoms with van der Waals surface area (Å²) in [4.78, 5) is 39.2. The second kappa shape index (κ2) is 11.8. The van der Waals surface area contributed by atoms with Crippen LogP contribution in [0.15, 0.2) is 52.6 Å². The van der Waals surface area contributed by atoms with Gasteiger partial charge in [-0.3, -0.25) is 9.59 Å². The average molecular weight is 550 g/mol. The maximum Gasteiger partial charge on any atom is 0.359 e. The fourth-order valence-corrected chi connectivity index (χ4v) is 4.82. The molecular weight excluding hydrogens is 522 g/mol. The van der Waals surface area contributed by atoms with Crippen LogP contribution in [0, 0.1) is 6.92 Å². The van der Waals surface area contributed by atoms with E-state index in [1.54, 1.807) is 42.6 Å². The van der Waals surface area contributed by atoms with Crippen molar-refractivity contribution < 1.29 is 28.5 Å². The van der Waals surface area contributed by atoms with E-state index in [0.29, 0.717) is 33.9 Å². The maximum absolute atomic E-state index is 13.5. The minimum atomic E-state index is -0.665.